The van der Waals surface area contributed by atoms with Crippen LogP contribution in [0.25, 0.3) is 0 Å². The van der Waals surface area contributed by atoms with E-state index >= 15 is 0 Å². The quantitative estimate of drug-likeness (QED) is 0.839. The number of nitrogens with one attached hydrogen (secondary N) is 1. The number of carbonyl (C=O) groups excluding carboxylic acids is 2. The lowest BCUT2D eigenvalue weighted by Gasteiger charge is -2.38. The van der Waals surface area contributed by atoms with Gasteiger partial charge < -0.3 is 10.2 Å². The highest BCUT2D eigenvalue weighted by Gasteiger charge is 2.35. The fourth-order valence-electron chi connectivity index (χ4n) is 3.54. The van der Waals surface area contributed by atoms with Crippen LogP contribution < -0.4 is 5.32 Å². The minimum atomic E-state index is -0.545. The standard InChI is InChI=1S/C23H29N3O2/c1-23(2,20-11-7-4-8-12-20)22(28)26-15-13-25(14-16-26)18-21(27)24-17-19-9-5-3-6-10-19/h3-12H,13-18H2,1-2H3,(H,24,27). The first-order chi connectivity index (χ1) is 13.5. The van der Waals surface area contributed by atoms with Gasteiger partial charge in [-0.25, -0.2) is 0 Å². The number of hydrogen-bond donors (Lipinski definition) is 1. The number of amides is 2. The van der Waals surface area contributed by atoms with Crippen LogP contribution in [-0.2, 0) is 21.5 Å². The third-order valence-electron chi connectivity index (χ3n) is 5.39. The Balaban J connectivity index is 1.46. The van der Waals surface area contributed by atoms with Crippen LogP contribution in [0.4, 0.5) is 0 Å². The van der Waals surface area contributed by atoms with Crippen LogP contribution in [-0.4, -0.2) is 54.3 Å². The molecule has 1 saturated heterocycles. The second kappa shape index (κ2) is 9.02. The van der Waals surface area contributed by atoms with Crippen molar-refractivity contribution in [3.05, 3.63) is 71.8 Å². The molecule has 2 amide bonds. The smallest absolute Gasteiger partial charge is 0.234 e. The third kappa shape index (κ3) is 4.98. The van der Waals surface area contributed by atoms with E-state index < -0.39 is 5.41 Å². The molecule has 2 aromatic rings. The highest BCUT2D eigenvalue weighted by atomic mass is 16.2. The molecule has 1 fully saturated rings. The summed E-state index contributed by atoms with van der Waals surface area (Å²) in [5.74, 6) is 0.167. The highest BCUT2D eigenvalue weighted by Crippen LogP contribution is 2.26. The molecule has 1 aliphatic rings. The van der Waals surface area contributed by atoms with Crippen LogP contribution in [0.5, 0.6) is 0 Å². The summed E-state index contributed by atoms with van der Waals surface area (Å²) in [6.07, 6.45) is 0. The van der Waals surface area contributed by atoms with Crippen molar-refractivity contribution < 1.29 is 9.59 Å². The summed E-state index contributed by atoms with van der Waals surface area (Å²) in [5.41, 5.74) is 1.58. The molecule has 0 saturated carbocycles. The maximum atomic E-state index is 13.0. The van der Waals surface area contributed by atoms with E-state index in [1.54, 1.807) is 0 Å². The Morgan fingerprint density at radius 2 is 1.46 bits per heavy atom. The van der Waals surface area contributed by atoms with E-state index in [1.807, 2.05) is 79.4 Å². The van der Waals surface area contributed by atoms with Gasteiger partial charge in [-0.3, -0.25) is 14.5 Å². The van der Waals surface area contributed by atoms with E-state index in [9.17, 15) is 9.59 Å². The van der Waals surface area contributed by atoms with Gasteiger partial charge in [-0.15, -0.1) is 0 Å². The fourth-order valence-corrected chi connectivity index (χ4v) is 3.54. The fraction of sp³-hybridized carbons (Fsp3) is 0.391. The monoisotopic (exact) mass is 379 g/mol. The van der Waals surface area contributed by atoms with Crippen molar-refractivity contribution in [3.63, 3.8) is 0 Å². The van der Waals surface area contributed by atoms with Gasteiger partial charge in [0, 0.05) is 32.7 Å². The molecule has 0 aliphatic carbocycles. The molecule has 3 rings (SSSR count). The minimum absolute atomic E-state index is 0.0215. The maximum Gasteiger partial charge on any atom is 0.234 e. The Hall–Kier alpha value is -2.66. The lowest BCUT2D eigenvalue weighted by Crippen LogP contribution is -2.54. The largest absolute Gasteiger partial charge is 0.351 e. The van der Waals surface area contributed by atoms with Crippen molar-refractivity contribution in [2.75, 3.05) is 32.7 Å². The number of hydrogen-bond acceptors (Lipinski definition) is 3. The average Bonchev–Trinajstić information content (AvgIpc) is 2.73. The number of piperazine rings is 1. The van der Waals surface area contributed by atoms with Crippen molar-refractivity contribution in [1.29, 1.82) is 0 Å². The summed E-state index contributed by atoms with van der Waals surface area (Å²) in [6, 6.07) is 19.8. The number of carbonyl (C=O) groups is 2. The van der Waals surface area contributed by atoms with Gasteiger partial charge in [0.15, 0.2) is 0 Å². The van der Waals surface area contributed by atoms with Gasteiger partial charge in [0.2, 0.25) is 11.8 Å². The first-order valence-electron chi connectivity index (χ1n) is 9.85. The van der Waals surface area contributed by atoms with Crippen molar-refractivity contribution in [3.8, 4) is 0 Å². The number of nitrogens with zero attached hydrogens (tertiary/aromatic N) is 2. The predicted molar refractivity (Wildman–Crippen MR) is 111 cm³/mol. The van der Waals surface area contributed by atoms with Crippen molar-refractivity contribution >= 4 is 11.8 Å². The topological polar surface area (TPSA) is 52.7 Å². The SMILES string of the molecule is CC(C)(C(=O)N1CCN(CC(=O)NCc2ccccc2)CC1)c1ccccc1. The highest BCUT2D eigenvalue weighted by molar-refractivity contribution is 5.87. The zero-order valence-corrected chi connectivity index (χ0v) is 16.7. The maximum absolute atomic E-state index is 13.0. The summed E-state index contributed by atoms with van der Waals surface area (Å²) >= 11 is 0. The van der Waals surface area contributed by atoms with Crippen molar-refractivity contribution in [1.82, 2.24) is 15.1 Å². The zero-order valence-electron chi connectivity index (χ0n) is 16.7. The Bertz CT molecular complexity index is 782. The molecule has 5 nitrogen and oxygen atoms in total. The van der Waals surface area contributed by atoms with Gasteiger partial charge in [0.1, 0.15) is 0 Å². The van der Waals surface area contributed by atoms with E-state index in [1.165, 1.54) is 0 Å². The van der Waals surface area contributed by atoms with Crippen LogP contribution in [0.1, 0.15) is 25.0 Å². The van der Waals surface area contributed by atoms with Crippen LogP contribution >= 0.6 is 0 Å². The summed E-state index contributed by atoms with van der Waals surface area (Å²) in [5, 5.41) is 2.96. The van der Waals surface area contributed by atoms with E-state index in [-0.39, 0.29) is 11.8 Å². The molecule has 0 aromatic heterocycles. The van der Waals surface area contributed by atoms with Crippen LogP contribution in [0.3, 0.4) is 0 Å². The van der Waals surface area contributed by atoms with Gasteiger partial charge in [0.05, 0.1) is 12.0 Å². The van der Waals surface area contributed by atoms with Gasteiger partial charge in [0.25, 0.3) is 0 Å². The normalized spacial score (nSPS) is 15.3. The summed E-state index contributed by atoms with van der Waals surface area (Å²) < 4.78 is 0. The third-order valence-corrected chi connectivity index (χ3v) is 5.39. The molecule has 1 aliphatic heterocycles. The second-order valence-electron chi connectivity index (χ2n) is 7.82. The first kappa shape index (κ1) is 20.1. The predicted octanol–water partition coefficient (Wildman–Crippen LogP) is 2.42. The van der Waals surface area contributed by atoms with Crippen LogP contribution in [0.2, 0.25) is 0 Å². The van der Waals surface area contributed by atoms with Gasteiger partial charge in [-0.05, 0) is 25.0 Å². The molecule has 1 N–H and O–H groups in total. The lowest BCUT2D eigenvalue weighted by molar-refractivity contribution is -0.138. The Kier molecular flexibility index (Phi) is 6.47. The summed E-state index contributed by atoms with van der Waals surface area (Å²) in [7, 11) is 0. The number of benzene rings is 2. The molecule has 28 heavy (non-hydrogen) atoms. The minimum Gasteiger partial charge on any atom is -0.351 e. The molecule has 0 bridgehead atoms. The number of rotatable bonds is 6. The second-order valence-corrected chi connectivity index (χ2v) is 7.82. The lowest BCUT2D eigenvalue weighted by atomic mass is 9.83. The van der Waals surface area contributed by atoms with Gasteiger partial charge >= 0.3 is 0 Å². The molecule has 148 valence electrons. The molecule has 1 heterocycles. The van der Waals surface area contributed by atoms with E-state index in [2.05, 4.69) is 10.2 Å². The summed E-state index contributed by atoms with van der Waals surface area (Å²) in [4.78, 5) is 29.3. The molecule has 0 atom stereocenters. The molecule has 0 spiro atoms. The van der Waals surface area contributed by atoms with Gasteiger partial charge in [-0.1, -0.05) is 60.7 Å². The van der Waals surface area contributed by atoms with Crippen LogP contribution in [0, 0.1) is 0 Å². The van der Waals surface area contributed by atoms with Crippen LogP contribution in [0.15, 0.2) is 60.7 Å². The molecule has 0 unspecified atom stereocenters. The molecular formula is C23H29N3O2. The first-order valence-corrected chi connectivity index (χ1v) is 9.85. The summed E-state index contributed by atoms with van der Waals surface area (Å²) in [6.45, 7) is 7.62. The van der Waals surface area contributed by atoms with Crippen molar-refractivity contribution in [2.24, 2.45) is 0 Å². The van der Waals surface area contributed by atoms with E-state index in [0.717, 1.165) is 24.2 Å². The average molecular weight is 380 g/mol. The zero-order chi connectivity index (χ0) is 20.0. The molecule has 2 aromatic carbocycles. The van der Waals surface area contributed by atoms with E-state index in [0.29, 0.717) is 26.2 Å². The van der Waals surface area contributed by atoms with E-state index in [4.69, 9.17) is 0 Å². The van der Waals surface area contributed by atoms with Crippen molar-refractivity contribution in [2.45, 2.75) is 25.8 Å². The Morgan fingerprint density at radius 1 is 0.893 bits per heavy atom. The molecule has 5 heteroatoms. The molecular weight excluding hydrogens is 350 g/mol. The molecule has 0 radical (unpaired) electrons. The Labute approximate surface area is 167 Å². The van der Waals surface area contributed by atoms with Gasteiger partial charge in [-0.2, -0.15) is 0 Å². The Morgan fingerprint density at radius 3 is 2.07 bits per heavy atom.